The van der Waals surface area contributed by atoms with Crippen molar-refractivity contribution in [3.8, 4) is 5.75 Å². The van der Waals surface area contributed by atoms with Crippen LogP contribution in [-0.4, -0.2) is 19.3 Å². The van der Waals surface area contributed by atoms with Crippen molar-refractivity contribution in [3.05, 3.63) is 17.7 Å². The molecule has 0 aromatic heterocycles. The van der Waals surface area contributed by atoms with Crippen molar-refractivity contribution in [2.24, 2.45) is 0 Å². The highest BCUT2D eigenvalue weighted by molar-refractivity contribution is 7.91. The summed E-state index contributed by atoms with van der Waals surface area (Å²) in [5.74, 6) is -0.195. The molecule has 0 radical (unpaired) electrons. The van der Waals surface area contributed by atoms with Crippen molar-refractivity contribution in [1.82, 2.24) is 0 Å². The third-order valence-corrected chi connectivity index (χ3v) is 4.32. The Bertz CT molecular complexity index is 479. The molecule has 1 aromatic rings. The van der Waals surface area contributed by atoms with Gasteiger partial charge in [0.05, 0.1) is 11.4 Å². The number of fused-ring (bicyclic) bond motifs is 1. The van der Waals surface area contributed by atoms with Crippen LogP contribution in [0.2, 0.25) is 0 Å². The molecule has 1 aromatic carbocycles. The summed E-state index contributed by atoms with van der Waals surface area (Å²) in [4.78, 5) is 0.0313. The minimum atomic E-state index is -3.33. The van der Waals surface area contributed by atoms with Gasteiger partial charge in [0.2, 0.25) is 0 Å². The van der Waals surface area contributed by atoms with Crippen LogP contribution in [0.3, 0.4) is 0 Å². The smallest absolute Gasteiger partial charge is 0.182 e. The first-order valence-corrected chi connectivity index (χ1v) is 6.00. The van der Waals surface area contributed by atoms with E-state index in [0.717, 1.165) is 0 Å². The third kappa shape index (κ3) is 1.24. The Kier molecular flexibility index (Phi) is 1.92. The molecular formula is C9H11NO3S. The molecular weight excluding hydrogens is 202 g/mol. The number of aryl methyl sites for hydroxylation is 1. The van der Waals surface area contributed by atoms with Crippen LogP contribution >= 0.6 is 0 Å². The number of phenols is 1. The van der Waals surface area contributed by atoms with Crippen molar-refractivity contribution >= 4 is 15.5 Å². The number of nitrogens with two attached hydrogens (primary N) is 1. The lowest BCUT2D eigenvalue weighted by Crippen LogP contribution is -2.16. The highest BCUT2D eigenvalue weighted by Crippen LogP contribution is 2.36. The normalized spacial score (nSPS) is 18.9. The molecule has 0 saturated heterocycles. The molecule has 1 aliphatic rings. The van der Waals surface area contributed by atoms with Crippen LogP contribution in [0.4, 0.5) is 5.69 Å². The average molecular weight is 213 g/mol. The van der Waals surface area contributed by atoms with Crippen LogP contribution in [0.1, 0.15) is 12.0 Å². The number of hydrogen-bond donors (Lipinski definition) is 2. The zero-order valence-electron chi connectivity index (χ0n) is 7.53. The predicted octanol–water partition coefficient (Wildman–Crippen LogP) is 0.694. The lowest BCUT2D eigenvalue weighted by atomic mass is 10.1. The van der Waals surface area contributed by atoms with E-state index in [1.807, 2.05) is 0 Å². The Hall–Kier alpha value is -1.23. The highest BCUT2D eigenvalue weighted by Gasteiger charge is 2.27. The lowest BCUT2D eigenvalue weighted by Gasteiger charge is -2.17. The summed E-state index contributed by atoms with van der Waals surface area (Å²) in [7, 11) is -3.33. The number of nitrogen functional groups attached to an aromatic ring is 1. The molecule has 0 atom stereocenters. The molecule has 76 valence electrons. The minimum Gasteiger partial charge on any atom is -0.504 e. The maximum Gasteiger partial charge on any atom is 0.182 e. The summed E-state index contributed by atoms with van der Waals surface area (Å²) in [6, 6.07) is 3.20. The fourth-order valence-corrected chi connectivity index (χ4v) is 3.44. The SMILES string of the molecule is Nc1ccc2c(c1O)S(=O)(=O)CCC2. The zero-order valence-corrected chi connectivity index (χ0v) is 8.34. The molecule has 3 N–H and O–H groups in total. The molecule has 0 spiro atoms. The Morgan fingerprint density at radius 3 is 2.79 bits per heavy atom. The topological polar surface area (TPSA) is 80.4 Å². The van der Waals surface area contributed by atoms with Crippen molar-refractivity contribution in [3.63, 3.8) is 0 Å². The van der Waals surface area contributed by atoms with Crippen molar-refractivity contribution in [1.29, 1.82) is 0 Å². The van der Waals surface area contributed by atoms with Gasteiger partial charge < -0.3 is 10.8 Å². The Labute approximate surface area is 82.3 Å². The fraction of sp³-hybridized carbons (Fsp3) is 0.333. The van der Waals surface area contributed by atoms with Crippen molar-refractivity contribution in [2.45, 2.75) is 17.7 Å². The second-order valence-corrected chi connectivity index (χ2v) is 5.46. The van der Waals surface area contributed by atoms with Gasteiger partial charge in [0, 0.05) is 0 Å². The molecule has 0 aliphatic carbocycles. The van der Waals surface area contributed by atoms with E-state index in [2.05, 4.69) is 0 Å². The van der Waals surface area contributed by atoms with E-state index in [1.165, 1.54) is 6.07 Å². The van der Waals surface area contributed by atoms with E-state index >= 15 is 0 Å². The summed E-state index contributed by atoms with van der Waals surface area (Å²) in [5.41, 5.74) is 6.24. The van der Waals surface area contributed by atoms with Crippen LogP contribution < -0.4 is 5.73 Å². The van der Waals surface area contributed by atoms with E-state index in [-0.39, 0.29) is 22.1 Å². The highest BCUT2D eigenvalue weighted by atomic mass is 32.2. The Balaban J connectivity index is 2.79. The monoisotopic (exact) mass is 213 g/mol. The second-order valence-electron chi connectivity index (χ2n) is 3.41. The first-order chi connectivity index (χ1) is 6.52. The lowest BCUT2D eigenvalue weighted by molar-refractivity contribution is 0.458. The van der Waals surface area contributed by atoms with Crippen LogP contribution in [0.15, 0.2) is 17.0 Å². The number of aromatic hydroxyl groups is 1. The molecule has 1 heterocycles. The van der Waals surface area contributed by atoms with E-state index in [1.54, 1.807) is 6.07 Å². The van der Waals surface area contributed by atoms with Gasteiger partial charge in [-0.05, 0) is 24.5 Å². The summed E-state index contributed by atoms with van der Waals surface area (Å²) >= 11 is 0. The van der Waals surface area contributed by atoms with Crippen molar-refractivity contribution < 1.29 is 13.5 Å². The zero-order chi connectivity index (χ0) is 10.3. The quantitative estimate of drug-likeness (QED) is 0.491. The van der Waals surface area contributed by atoms with Crippen molar-refractivity contribution in [2.75, 3.05) is 11.5 Å². The molecule has 0 fully saturated rings. The van der Waals surface area contributed by atoms with Gasteiger partial charge in [-0.25, -0.2) is 8.42 Å². The largest absolute Gasteiger partial charge is 0.504 e. The minimum absolute atomic E-state index is 0.0313. The van der Waals surface area contributed by atoms with Gasteiger partial charge in [0.15, 0.2) is 15.6 Å². The van der Waals surface area contributed by atoms with E-state index in [0.29, 0.717) is 18.4 Å². The molecule has 5 heteroatoms. The van der Waals surface area contributed by atoms with Crippen LogP contribution in [0.5, 0.6) is 5.75 Å². The summed E-state index contributed by atoms with van der Waals surface area (Å²) < 4.78 is 23.3. The number of phenolic OH excluding ortho intramolecular Hbond substituents is 1. The fourth-order valence-electron chi connectivity index (χ4n) is 1.73. The Morgan fingerprint density at radius 2 is 2.07 bits per heavy atom. The van der Waals surface area contributed by atoms with Crippen LogP contribution in [0, 0.1) is 0 Å². The molecule has 0 unspecified atom stereocenters. The first-order valence-electron chi connectivity index (χ1n) is 4.35. The molecule has 0 amide bonds. The van der Waals surface area contributed by atoms with Gasteiger partial charge in [-0.15, -0.1) is 0 Å². The number of benzene rings is 1. The van der Waals surface area contributed by atoms with Crippen LogP contribution in [0.25, 0.3) is 0 Å². The Morgan fingerprint density at radius 1 is 1.36 bits per heavy atom. The maximum atomic E-state index is 11.6. The third-order valence-electron chi connectivity index (χ3n) is 2.41. The van der Waals surface area contributed by atoms with Crippen LogP contribution in [-0.2, 0) is 16.3 Å². The molecule has 14 heavy (non-hydrogen) atoms. The number of hydrogen-bond acceptors (Lipinski definition) is 4. The van der Waals surface area contributed by atoms with Gasteiger partial charge in [0.25, 0.3) is 0 Å². The van der Waals surface area contributed by atoms with Gasteiger partial charge >= 0.3 is 0 Å². The maximum absolute atomic E-state index is 11.6. The van der Waals surface area contributed by atoms with Gasteiger partial charge in [-0.1, -0.05) is 6.07 Å². The molecule has 0 bridgehead atoms. The summed E-state index contributed by atoms with van der Waals surface area (Å²) in [5, 5.41) is 9.57. The molecule has 2 rings (SSSR count). The summed E-state index contributed by atoms with van der Waals surface area (Å²) in [6.45, 7) is 0. The predicted molar refractivity (Wildman–Crippen MR) is 52.9 cm³/mol. The van der Waals surface area contributed by atoms with Gasteiger partial charge in [-0.2, -0.15) is 0 Å². The van der Waals surface area contributed by atoms with E-state index in [4.69, 9.17) is 5.73 Å². The average Bonchev–Trinajstić information content (AvgIpc) is 2.10. The van der Waals surface area contributed by atoms with Gasteiger partial charge in [-0.3, -0.25) is 0 Å². The van der Waals surface area contributed by atoms with E-state index in [9.17, 15) is 13.5 Å². The molecule has 1 aliphatic heterocycles. The number of anilines is 1. The second kappa shape index (κ2) is 2.88. The molecule has 4 nitrogen and oxygen atoms in total. The molecule has 0 saturated carbocycles. The van der Waals surface area contributed by atoms with E-state index < -0.39 is 9.84 Å². The number of rotatable bonds is 0. The first kappa shape index (κ1) is 9.33. The van der Waals surface area contributed by atoms with Gasteiger partial charge in [0.1, 0.15) is 4.90 Å². The summed E-state index contributed by atoms with van der Waals surface area (Å²) in [6.07, 6.45) is 1.29. The number of sulfone groups is 1. The standard InChI is InChI=1S/C9H11NO3S/c10-7-4-3-6-2-1-5-14(12,13)9(6)8(7)11/h3-4,11H,1-2,5,10H2.